The summed E-state index contributed by atoms with van der Waals surface area (Å²) in [6.45, 7) is 6.57. The van der Waals surface area contributed by atoms with Crippen molar-refractivity contribution in [1.29, 1.82) is 0 Å². The Kier molecular flexibility index (Phi) is 3.88. The zero-order chi connectivity index (χ0) is 16.7. The van der Waals surface area contributed by atoms with Crippen LogP contribution in [0.1, 0.15) is 40.0 Å². The van der Waals surface area contributed by atoms with Gasteiger partial charge in [-0.25, -0.2) is 0 Å². The van der Waals surface area contributed by atoms with E-state index in [1.165, 1.54) is 5.56 Å². The molecule has 3 rings (SSSR count). The highest BCUT2D eigenvalue weighted by Gasteiger charge is 2.28. The van der Waals surface area contributed by atoms with E-state index in [2.05, 4.69) is 29.4 Å². The average molecular weight is 313 g/mol. The summed E-state index contributed by atoms with van der Waals surface area (Å²) in [4.78, 5) is 29.1. The highest BCUT2D eigenvalue weighted by molar-refractivity contribution is 6.02. The Morgan fingerprint density at radius 2 is 2.00 bits per heavy atom. The summed E-state index contributed by atoms with van der Waals surface area (Å²) in [6.07, 6.45) is 1.38. The fourth-order valence-electron chi connectivity index (χ4n) is 3.43. The second kappa shape index (κ2) is 5.72. The van der Waals surface area contributed by atoms with E-state index in [-0.39, 0.29) is 17.9 Å². The summed E-state index contributed by atoms with van der Waals surface area (Å²) >= 11 is 0. The minimum atomic E-state index is -0.106. The molecule has 0 saturated carbocycles. The molecule has 1 aliphatic rings. The van der Waals surface area contributed by atoms with Crippen molar-refractivity contribution >= 4 is 22.7 Å². The average Bonchev–Trinajstić information content (AvgIpc) is 3.03. The standard InChI is InChI=1S/C18H23N3O2/c1-10-5-6-11(2)16-15(10)12(3)17(20-16)18(23)19-9-13-7-8-14(22)21(13)4/h5-6,13,20H,7-9H2,1-4H3,(H,19,23)/t13-/m1/s1. The number of hydrogen-bond acceptors (Lipinski definition) is 2. The third-order valence-electron chi connectivity index (χ3n) is 4.98. The van der Waals surface area contributed by atoms with E-state index in [1.54, 1.807) is 11.9 Å². The van der Waals surface area contributed by atoms with Gasteiger partial charge < -0.3 is 15.2 Å². The first-order chi connectivity index (χ1) is 10.9. The van der Waals surface area contributed by atoms with Gasteiger partial charge >= 0.3 is 0 Å². The largest absolute Gasteiger partial charge is 0.350 e. The van der Waals surface area contributed by atoms with Gasteiger partial charge in [0.05, 0.1) is 0 Å². The number of aromatic amines is 1. The van der Waals surface area contributed by atoms with Crippen molar-refractivity contribution in [2.45, 2.75) is 39.7 Å². The number of aromatic nitrogens is 1. The quantitative estimate of drug-likeness (QED) is 0.914. The van der Waals surface area contributed by atoms with Crippen molar-refractivity contribution in [1.82, 2.24) is 15.2 Å². The van der Waals surface area contributed by atoms with E-state index < -0.39 is 0 Å². The number of carbonyl (C=O) groups excluding carboxylic acids is 2. The van der Waals surface area contributed by atoms with E-state index in [1.807, 2.05) is 13.8 Å². The third kappa shape index (κ3) is 2.60. The predicted molar refractivity (Wildman–Crippen MR) is 90.6 cm³/mol. The van der Waals surface area contributed by atoms with Gasteiger partial charge in [-0.1, -0.05) is 12.1 Å². The molecule has 2 amide bonds. The van der Waals surface area contributed by atoms with Gasteiger partial charge in [0.2, 0.25) is 5.91 Å². The van der Waals surface area contributed by atoms with Gasteiger partial charge in [-0.3, -0.25) is 9.59 Å². The first-order valence-electron chi connectivity index (χ1n) is 8.02. The number of fused-ring (bicyclic) bond motifs is 1. The lowest BCUT2D eigenvalue weighted by Gasteiger charge is -2.20. The lowest BCUT2D eigenvalue weighted by Crippen LogP contribution is -2.39. The van der Waals surface area contributed by atoms with Crippen LogP contribution in [0.3, 0.4) is 0 Å². The molecule has 0 unspecified atom stereocenters. The van der Waals surface area contributed by atoms with Crippen LogP contribution in [0.2, 0.25) is 0 Å². The number of aryl methyl sites for hydroxylation is 3. The van der Waals surface area contributed by atoms with Crippen molar-refractivity contribution in [2.24, 2.45) is 0 Å². The zero-order valence-electron chi connectivity index (χ0n) is 14.1. The van der Waals surface area contributed by atoms with Gasteiger partial charge in [0.1, 0.15) is 5.69 Å². The molecule has 0 aliphatic carbocycles. The number of carbonyl (C=O) groups is 2. The first-order valence-corrected chi connectivity index (χ1v) is 8.02. The molecule has 2 aromatic rings. The number of rotatable bonds is 3. The molecule has 5 heteroatoms. The fourth-order valence-corrected chi connectivity index (χ4v) is 3.43. The van der Waals surface area contributed by atoms with Gasteiger partial charge in [0, 0.05) is 37.0 Å². The second-order valence-corrected chi connectivity index (χ2v) is 6.48. The Morgan fingerprint density at radius 3 is 2.61 bits per heavy atom. The molecule has 5 nitrogen and oxygen atoms in total. The molecule has 0 radical (unpaired) electrons. The summed E-state index contributed by atoms with van der Waals surface area (Å²) in [5.74, 6) is 0.0440. The number of likely N-dealkylation sites (tertiary alicyclic amines) is 1. The van der Waals surface area contributed by atoms with E-state index in [0.717, 1.165) is 28.5 Å². The van der Waals surface area contributed by atoms with Crippen LogP contribution < -0.4 is 5.32 Å². The predicted octanol–water partition coefficient (Wildman–Crippen LogP) is 2.44. The maximum absolute atomic E-state index is 12.6. The van der Waals surface area contributed by atoms with Crippen LogP contribution in [0.5, 0.6) is 0 Å². The first kappa shape index (κ1) is 15.6. The lowest BCUT2D eigenvalue weighted by atomic mass is 10.0. The number of H-pyrrole nitrogens is 1. The highest BCUT2D eigenvalue weighted by atomic mass is 16.2. The van der Waals surface area contributed by atoms with Gasteiger partial charge in [-0.15, -0.1) is 0 Å². The number of likely N-dealkylation sites (N-methyl/N-ethyl adjacent to an activating group) is 1. The van der Waals surface area contributed by atoms with Crippen molar-refractivity contribution in [3.8, 4) is 0 Å². The van der Waals surface area contributed by atoms with Crippen LogP contribution in [0.25, 0.3) is 10.9 Å². The van der Waals surface area contributed by atoms with Gasteiger partial charge in [-0.05, 0) is 43.9 Å². The van der Waals surface area contributed by atoms with E-state index in [9.17, 15) is 9.59 Å². The van der Waals surface area contributed by atoms with Gasteiger partial charge in [0.25, 0.3) is 5.91 Å². The molecule has 1 aliphatic heterocycles. The number of nitrogens with one attached hydrogen (secondary N) is 2. The summed E-state index contributed by atoms with van der Waals surface area (Å²) in [5.41, 5.74) is 4.92. The molecule has 0 bridgehead atoms. The van der Waals surface area contributed by atoms with Crippen LogP contribution in [0, 0.1) is 20.8 Å². The molecule has 23 heavy (non-hydrogen) atoms. The normalized spacial score (nSPS) is 18.0. The van der Waals surface area contributed by atoms with Crippen LogP contribution >= 0.6 is 0 Å². The summed E-state index contributed by atoms with van der Waals surface area (Å²) in [6, 6.07) is 4.24. The highest BCUT2D eigenvalue weighted by Crippen LogP contribution is 2.27. The van der Waals surface area contributed by atoms with Crippen LogP contribution in [-0.4, -0.2) is 41.3 Å². The molecule has 2 heterocycles. The monoisotopic (exact) mass is 313 g/mol. The Morgan fingerprint density at radius 1 is 1.30 bits per heavy atom. The van der Waals surface area contributed by atoms with Crippen LogP contribution in [0.4, 0.5) is 0 Å². The second-order valence-electron chi connectivity index (χ2n) is 6.48. The van der Waals surface area contributed by atoms with Crippen LogP contribution in [-0.2, 0) is 4.79 Å². The number of hydrogen-bond donors (Lipinski definition) is 2. The maximum Gasteiger partial charge on any atom is 0.268 e. The van der Waals surface area contributed by atoms with Crippen molar-refractivity contribution < 1.29 is 9.59 Å². The van der Waals surface area contributed by atoms with Crippen molar-refractivity contribution in [2.75, 3.05) is 13.6 Å². The molecule has 1 aromatic heterocycles. The summed E-state index contributed by atoms with van der Waals surface area (Å²) in [5, 5.41) is 4.10. The molecule has 122 valence electrons. The number of benzene rings is 1. The van der Waals surface area contributed by atoms with Gasteiger partial charge in [0.15, 0.2) is 0 Å². The molecular weight excluding hydrogens is 290 g/mol. The van der Waals surface area contributed by atoms with E-state index >= 15 is 0 Å². The minimum Gasteiger partial charge on any atom is -0.350 e. The van der Waals surface area contributed by atoms with Crippen molar-refractivity contribution in [3.05, 3.63) is 34.5 Å². The summed E-state index contributed by atoms with van der Waals surface area (Å²) < 4.78 is 0. The SMILES string of the molecule is Cc1ccc(C)c2c(C)c(C(=O)NC[C@H]3CCC(=O)N3C)[nH]c12. The molecule has 1 saturated heterocycles. The van der Waals surface area contributed by atoms with E-state index in [4.69, 9.17) is 0 Å². The molecule has 1 aromatic carbocycles. The van der Waals surface area contributed by atoms with Crippen molar-refractivity contribution in [3.63, 3.8) is 0 Å². The Bertz CT molecular complexity index is 791. The Hall–Kier alpha value is -2.30. The molecule has 1 atom stereocenters. The maximum atomic E-state index is 12.6. The Labute approximate surface area is 136 Å². The lowest BCUT2D eigenvalue weighted by molar-refractivity contribution is -0.127. The topological polar surface area (TPSA) is 65.2 Å². The third-order valence-corrected chi connectivity index (χ3v) is 4.98. The van der Waals surface area contributed by atoms with E-state index in [0.29, 0.717) is 18.7 Å². The molecular formula is C18H23N3O2. The fraction of sp³-hybridized carbons (Fsp3) is 0.444. The Balaban J connectivity index is 1.82. The van der Waals surface area contributed by atoms with Crippen LogP contribution in [0.15, 0.2) is 12.1 Å². The zero-order valence-corrected chi connectivity index (χ0v) is 14.1. The molecule has 2 N–H and O–H groups in total. The van der Waals surface area contributed by atoms with Gasteiger partial charge in [-0.2, -0.15) is 0 Å². The minimum absolute atomic E-state index is 0.0969. The number of nitrogens with zero attached hydrogens (tertiary/aromatic N) is 1. The molecule has 1 fully saturated rings. The number of amides is 2. The summed E-state index contributed by atoms with van der Waals surface area (Å²) in [7, 11) is 1.80. The molecule has 0 spiro atoms. The smallest absolute Gasteiger partial charge is 0.268 e.